The minimum Gasteiger partial charge on any atom is -0.366 e. The SMILES string of the molecule is Cc1ccc(-n2c(SCC(=O)Nc3ccc(C(N)=O)cc3)nnc2-c2ccncc2)cc1. The molecule has 2 aromatic heterocycles. The summed E-state index contributed by atoms with van der Waals surface area (Å²) >= 11 is 1.28. The number of carbonyl (C=O) groups is 2. The van der Waals surface area contributed by atoms with Gasteiger partial charge in [0.25, 0.3) is 0 Å². The van der Waals surface area contributed by atoms with Crippen LogP contribution in [0.5, 0.6) is 0 Å². The molecular formula is C23H20N6O2S. The van der Waals surface area contributed by atoms with E-state index in [1.165, 1.54) is 11.8 Å². The first kappa shape index (κ1) is 21.3. The van der Waals surface area contributed by atoms with E-state index in [-0.39, 0.29) is 11.7 Å². The fourth-order valence-electron chi connectivity index (χ4n) is 3.02. The molecule has 2 amide bonds. The van der Waals surface area contributed by atoms with E-state index >= 15 is 0 Å². The van der Waals surface area contributed by atoms with Crippen molar-refractivity contribution in [2.45, 2.75) is 12.1 Å². The van der Waals surface area contributed by atoms with Crippen LogP contribution < -0.4 is 11.1 Å². The largest absolute Gasteiger partial charge is 0.366 e. The molecule has 9 heteroatoms. The zero-order valence-corrected chi connectivity index (χ0v) is 18.0. The number of rotatable bonds is 7. The standard InChI is InChI=1S/C23H20N6O2S/c1-15-2-8-19(9-3-15)29-22(17-10-12-25-13-11-17)27-28-23(29)32-14-20(30)26-18-6-4-16(5-7-18)21(24)31/h2-13H,14H2,1H3,(H2,24,31)(H,26,30). The molecule has 4 rings (SSSR count). The quantitative estimate of drug-likeness (QED) is 0.422. The average Bonchev–Trinajstić information content (AvgIpc) is 3.23. The summed E-state index contributed by atoms with van der Waals surface area (Å²) in [5, 5.41) is 12.1. The van der Waals surface area contributed by atoms with Crippen LogP contribution in [0, 0.1) is 6.92 Å². The van der Waals surface area contributed by atoms with Crippen molar-refractivity contribution in [2.75, 3.05) is 11.1 Å². The van der Waals surface area contributed by atoms with Gasteiger partial charge in [-0.15, -0.1) is 10.2 Å². The Morgan fingerprint density at radius 1 is 0.969 bits per heavy atom. The maximum absolute atomic E-state index is 12.5. The topological polar surface area (TPSA) is 116 Å². The number of aromatic nitrogens is 4. The van der Waals surface area contributed by atoms with Crippen molar-refractivity contribution in [3.63, 3.8) is 0 Å². The monoisotopic (exact) mass is 444 g/mol. The predicted molar refractivity (Wildman–Crippen MR) is 124 cm³/mol. The Morgan fingerprint density at radius 2 is 1.66 bits per heavy atom. The van der Waals surface area contributed by atoms with Gasteiger partial charge in [-0.1, -0.05) is 29.5 Å². The van der Waals surface area contributed by atoms with Gasteiger partial charge in [-0.2, -0.15) is 0 Å². The highest BCUT2D eigenvalue weighted by Gasteiger charge is 2.17. The fraction of sp³-hybridized carbons (Fsp3) is 0.0870. The number of nitrogens with zero attached hydrogens (tertiary/aromatic N) is 4. The van der Waals surface area contributed by atoms with Gasteiger partial charge in [-0.25, -0.2) is 0 Å². The van der Waals surface area contributed by atoms with Crippen LogP contribution in [-0.4, -0.2) is 37.3 Å². The van der Waals surface area contributed by atoms with Crippen molar-refractivity contribution >= 4 is 29.3 Å². The predicted octanol–water partition coefficient (Wildman–Crippen LogP) is 3.47. The number of nitrogens with two attached hydrogens (primary N) is 1. The summed E-state index contributed by atoms with van der Waals surface area (Å²) in [6.07, 6.45) is 3.40. The number of hydrogen-bond donors (Lipinski definition) is 2. The van der Waals surface area contributed by atoms with Gasteiger partial charge in [0.15, 0.2) is 11.0 Å². The third-order valence-corrected chi connectivity index (χ3v) is 5.58. The lowest BCUT2D eigenvalue weighted by Gasteiger charge is -2.11. The first-order chi connectivity index (χ1) is 15.5. The van der Waals surface area contributed by atoms with Gasteiger partial charge in [0.05, 0.1) is 5.75 Å². The third-order valence-electron chi connectivity index (χ3n) is 4.65. The van der Waals surface area contributed by atoms with E-state index in [1.54, 1.807) is 36.7 Å². The summed E-state index contributed by atoms with van der Waals surface area (Å²) in [7, 11) is 0. The van der Waals surface area contributed by atoms with Crippen LogP contribution in [0.25, 0.3) is 17.1 Å². The third kappa shape index (κ3) is 4.84. The molecule has 0 spiro atoms. The molecule has 160 valence electrons. The first-order valence-electron chi connectivity index (χ1n) is 9.76. The van der Waals surface area contributed by atoms with E-state index in [1.807, 2.05) is 47.9 Å². The summed E-state index contributed by atoms with van der Waals surface area (Å²) in [4.78, 5) is 27.7. The van der Waals surface area contributed by atoms with E-state index in [0.717, 1.165) is 16.8 Å². The normalized spacial score (nSPS) is 10.7. The summed E-state index contributed by atoms with van der Waals surface area (Å²) in [6.45, 7) is 2.02. The molecule has 0 fully saturated rings. The molecule has 0 aliphatic heterocycles. The van der Waals surface area contributed by atoms with Crippen LogP contribution in [-0.2, 0) is 4.79 Å². The second kappa shape index (κ2) is 9.44. The lowest BCUT2D eigenvalue weighted by Crippen LogP contribution is -2.15. The number of nitrogens with one attached hydrogen (secondary N) is 1. The molecule has 0 aliphatic rings. The minimum atomic E-state index is -0.515. The van der Waals surface area contributed by atoms with Crippen LogP contribution in [0.3, 0.4) is 0 Å². The van der Waals surface area contributed by atoms with Crippen molar-refractivity contribution in [3.8, 4) is 17.1 Å². The maximum Gasteiger partial charge on any atom is 0.248 e. The average molecular weight is 445 g/mol. The summed E-state index contributed by atoms with van der Waals surface area (Å²) in [5.74, 6) is 0.0866. The van der Waals surface area contributed by atoms with Crippen molar-refractivity contribution in [2.24, 2.45) is 5.73 Å². The number of hydrogen-bond acceptors (Lipinski definition) is 6. The molecule has 0 atom stereocenters. The summed E-state index contributed by atoms with van der Waals surface area (Å²) < 4.78 is 1.92. The van der Waals surface area contributed by atoms with Gasteiger partial charge in [0.2, 0.25) is 11.8 Å². The number of amides is 2. The van der Waals surface area contributed by atoms with E-state index < -0.39 is 5.91 Å². The van der Waals surface area contributed by atoms with E-state index in [4.69, 9.17) is 5.73 Å². The van der Waals surface area contributed by atoms with Crippen LogP contribution in [0.1, 0.15) is 15.9 Å². The van der Waals surface area contributed by atoms with Crippen LogP contribution in [0.2, 0.25) is 0 Å². The van der Waals surface area contributed by atoms with Crippen molar-refractivity contribution < 1.29 is 9.59 Å². The highest BCUT2D eigenvalue weighted by atomic mass is 32.2. The van der Waals surface area contributed by atoms with Gasteiger partial charge >= 0.3 is 0 Å². The Hall–Kier alpha value is -3.98. The van der Waals surface area contributed by atoms with E-state index in [0.29, 0.717) is 22.2 Å². The Morgan fingerprint density at radius 3 is 2.31 bits per heavy atom. The molecule has 3 N–H and O–H groups in total. The molecule has 0 saturated carbocycles. The molecule has 0 saturated heterocycles. The minimum absolute atomic E-state index is 0.137. The van der Waals surface area contributed by atoms with Gasteiger partial charge in [0.1, 0.15) is 0 Å². The van der Waals surface area contributed by atoms with Crippen molar-refractivity contribution in [3.05, 3.63) is 84.2 Å². The van der Waals surface area contributed by atoms with Crippen molar-refractivity contribution in [1.29, 1.82) is 0 Å². The molecule has 2 aromatic carbocycles. The van der Waals surface area contributed by atoms with Crippen molar-refractivity contribution in [1.82, 2.24) is 19.7 Å². The Balaban J connectivity index is 1.54. The first-order valence-corrected chi connectivity index (χ1v) is 10.8. The zero-order valence-electron chi connectivity index (χ0n) is 17.2. The van der Waals surface area contributed by atoms with Gasteiger partial charge in [-0.05, 0) is 55.5 Å². The molecule has 2 heterocycles. The summed E-state index contributed by atoms with van der Waals surface area (Å²) in [6, 6.07) is 18.2. The number of carbonyl (C=O) groups excluding carboxylic acids is 2. The maximum atomic E-state index is 12.5. The number of thioether (sulfide) groups is 1. The highest BCUT2D eigenvalue weighted by molar-refractivity contribution is 7.99. The van der Waals surface area contributed by atoms with Crippen LogP contribution >= 0.6 is 11.8 Å². The molecular weight excluding hydrogens is 424 g/mol. The molecule has 0 bridgehead atoms. The van der Waals surface area contributed by atoms with Crippen LogP contribution in [0.15, 0.2) is 78.2 Å². The zero-order chi connectivity index (χ0) is 22.5. The Labute approximate surface area is 188 Å². The van der Waals surface area contributed by atoms with Gasteiger partial charge in [-0.3, -0.25) is 19.1 Å². The molecule has 0 aliphatic carbocycles. The molecule has 32 heavy (non-hydrogen) atoms. The summed E-state index contributed by atoms with van der Waals surface area (Å²) in [5.41, 5.74) is 9.12. The molecule has 8 nitrogen and oxygen atoms in total. The number of anilines is 1. The smallest absolute Gasteiger partial charge is 0.248 e. The number of pyridine rings is 1. The second-order valence-electron chi connectivity index (χ2n) is 6.99. The number of primary amides is 1. The van der Waals surface area contributed by atoms with E-state index in [9.17, 15) is 9.59 Å². The van der Waals surface area contributed by atoms with E-state index in [2.05, 4.69) is 20.5 Å². The molecule has 0 unspecified atom stereocenters. The number of aryl methyl sites for hydroxylation is 1. The van der Waals surface area contributed by atoms with Crippen LogP contribution in [0.4, 0.5) is 5.69 Å². The Bertz CT molecular complexity index is 1240. The lowest BCUT2D eigenvalue weighted by atomic mass is 10.2. The lowest BCUT2D eigenvalue weighted by molar-refractivity contribution is -0.113. The molecule has 4 aromatic rings. The fourth-order valence-corrected chi connectivity index (χ4v) is 3.77. The highest BCUT2D eigenvalue weighted by Crippen LogP contribution is 2.28. The van der Waals surface area contributed by atoms with Gasteiger partial charge in [0, 0.05) is 34.9 Å². The Kier molecular flexibility index (Phi) is 6.27. The van der Waals surface area contributed by atoms with Gasteiger partial charge < -0.3 is 11.1 Å². The second-order valence-corrected chi connectivity index (χ2v) is 7.93. The molecule has 0 radical (unpaired) electrons. The number of benzene rings is 2.